The Bertz CT molecular complexity index is 884. The zero-order valence-electron chi connectivity index (χ0n) is 15.3. The van der Waals surface area contributed by atoms with Crippen LogP contribution in [-0.4, -0.2) is 32.5 Å². The Balaban J connectivity index is 1.79. The van der Waals surface area contributed by atoms with Crippen LogP contribution in [0.15, 0.2) is 48.5 Å². The van der Waals surface area contributed by atoms with E-state index in [0.29, 0.717) is 35.7 Å². The molecule has 0 saturated carbocycles. The van der Waals surface area contributed by atoms with Gasteiger partial charge in [0.05, 0.1) is 20.3 Å². The zero-order chi connectivity index (χ0) is 19.4. The topological polar surface area (TPSA) is 79.6 Å². The predicted molar refractivity (Wildman–Crippen MR) is 100.0 cm³/mol. The first-order valence-corrected chi connectivity index (χ1v) is 8.57. The minimum atomic E-state index is -1.34. The van der Waals surface area contributed by atoms with Crippen molar-refractivity contribution in [2.45, 2.75) is 12.8 Å². The van der Waals surface area contributed by atoms with Crippen molar-refractivity contribution in [2.24, 2.45) is 5.41 Å². The van der Waals surface area contributed by atoms with Gasteiger partial charge in [-0.05, 0) is 55.0 Å². The van der Waals surface area contributed by atoms with Gasteiger partial charge in [-0.1, -0.05) is 0 Å². The van der Waals surface area contributed by atoms with E-state index < -0.39 is 5.41 Å². The normalized spacial score (nSPS) is 18.9. The summed E-state index contributed by atoms with van der Waals surface area (Å²) < 4.78 is 10.2. The third-order valence-electron chi connectivity index (χ3n) is 4.89. The lowest BCUT2D eigenvalue weighted by molar-refractivity contribution is -0.123. The van der Waals surface area contributed by atoms with Gasteiger partial charge in [-0.3, -0.25) is 9.59 Å². The molecule has 2 aromatic rings. The van der Waals surface area contributed by atoms with Gasteiger partial charge in [0.1, 0.15) is 16.9 Å². The summed E-state index contributed by atoms with van der Waals surface area (Å²) in [7, 11) is 3.12. The van der Waals surface area contributed by atoms with Crippen LogP contribution in [0.4, 0.5) is 5.69 Å². The molecule has 1 atom stereocenters. The van der Waals surface area contributed by atoms with Gasteiger partial charge in [0.2, 0.25) is 5.91 Å². The fourth-order valence-electron chi connectivity index (χ4n) is 3.24. The smallest absolute Gasteiger partial charge is 0.248 e. The van der Waals surface area contributed by atoms with Crippen molar-refractivity contribution in [3.05, 3.63) is 54.1 Å². The molecule has 0 bridgehead atoms. The van der Waals surface area contributed by atoms with Crippen LogP contribution < -0.4 is 14.4 Å². The second kappa shape index (κ2) is 7.50. The number of ether oxygens (including phenoxy) is 2. The van der Waals surface area contributed by atoms with E-state index in [1.807, 2.05) is 0 Å². The highest BCUT2D eigenvalue weighted by atomic mass is 16.5. The van der Waals surface area contributed by atoms with Crippen molar-refractivity contribution in [3.63, 3.8) is 0 Å². The quantitative estimate of drug-likeness (QED) is 0.735. The summed E-state index contributed by atoms with van der Waals surface area (Å²) >= 11 is 0. The van der Waals surface area contributed by atoms with Crippen LogP contribution in [-0.2, 0) is 4.79 Å². The largest absolute Gasteiger partial charge is 0.497 e. The predicted octanol–water partition coefficient (Wildman–Crippen LogP) is 3.22. The van der Waals surface area contributed by atoms with Gasteiger partial charge in [0.25, 0.3) is 0 Å². The summed E-state index contributed by atoms with van der Waals surface area (Å²) in [5.74, 6) is 0.761. The molecule has 1 aliphatic rings. The van der Waals surface area contributed by atoms with E-state index in [1.165, 1.54) is 0 Å². The highest BCUT2D eigenvalue weighted by molar-refractivity contribution is 6.07. The number of hydrogen-bond acceptors (Lipinski definition) is 5. The van der Waals surface area contributed by atoms with E-state index in [1.54, 1.807) is 67.7 Å². The second-order valence-electron chi connectivity index (χ2n) is 6.43. The van der Waals surface area contributed by atoms with Crippen molar-refractivity contribution < 1.29 is 19.1 Å². The van der Waals surface area contributed by atoms with E-state index >= 15 is 0 Å². The van der Waals surface area contributed by atoms with E-state index in [9.17, 15) is 14.9 Å². The Hall–Kier alpha value is -3.33. The van der Waals surface area contributed by atoms with Crippen LogP contribution in [0.25, 0.3) is 0 Å². The average molecular weight is 364 g/mol. The van der Waals surface area contributed by atoms with E-state index in [0.717, 1.165) is 0 Å². The summed E-state index contributed by atoms with van der Waals surface area (Å²) in [5.41, 5.74) is -0.187. The molecular formula is C21H20N2O4. The summed E-state index contributed by atoms with van der Waals surface area (Å²) in [4.78, 5) is 27.2. The Morgan fingerprint density at radius 2 is 1.63 bits per heavy atom. The van der Waals surface area contributed by atoms with Gasteiger partial charge in [0.15, 0.2) is 5.78 Å². The molecule has 1 saturated heterocycles. The molecule has 2 aromatic carbocycles. The number of benzene rings is 2. The van der Waals surface area contributed by atoms with Crippen molar-refractivity contribution in [2.75, 3.05) is 25.7 Å². The summed E-state index contributed by atoms with van der Waals surface area (Å²) in [6.07, 6.45) is 0.178. The minimum absolute atomic E-state index is 0.138. The number of rotatable bonds is 6. The fourth-order valence-corrected chi connectivity index (χ4v) is 3.24. The Morgan fingerprint density at radius 1 is 1.07 bits per heavy atom. The average Bonchev–Trinajstić information content (AvgIpc) is 3.04. The molecule has 0 aliphatic carbocycles. The number of carbonyl (C=O) groups is 2. The maximum Gasteiger partial charge on any atom is 0.248 e. The van der Waals surface area contributed by atoms with Gasteiger partial charge in [-0.2, -0.15) is 5.26 Å². The number of nitriles is 1. The van der Waals surface area contributed by atoms with Crippen molar-refractivity contribution in [1.82, 2.24) is 0 Å². The number of hydrogen-bond donors (Lipinski definition) is 0. The maximum atomic E-state index is 13.0. The molecule has 138 valence electrons. The number of anilines is 1. The Kier molecular flexibility index (Phi) is 5.13. The lowest BCUT2D eigenvalue weighted by Crippen LogP contribution is -2.35. The molecule has 6 nitrogen and oxygen atoms in total. The molecule has 6 heteroatoms. The molecule has 0 aromatic heterocycles. The minimum Gasteiger partial charge on any atom is -0.497 e. The van der Waals surface area contributed by atoms with Crippen molar-refractivity contribution in [3.8, 4) is 17.6 Å². The number of amides is 1. The fraction of sp³-hybridized carbons (Fsp3) is 0.286. The van der Waals surface area contributed by atoms with Gasteiger partial charge in [-0.15, -0.1) is 0 Å². The second-order valence-corrected chi connectivity index (χ2v) is 6.43. The zero-order valence-corrected chi connectivity index (χ0v) is 15.3. The van der Waals surface area contributed by atoms with E-state index in [-0.39, 0.29) is 18.1 Å². The van der Waals surface area contributed by atoms with E-state index in [2.05, 4.69) is 6.07 Å². The Labute approximate surface area is 157 Å². The molecule has 0 spiro atoms. The van der Waals surface area contributed by atoms with Crippen LogP contribution in [0.1, 0.15) is 23.2 Å². The van der Waals surface area contributed by atoms with Crippen LogP contribution in [0, 0.1) is 16.7 Å². The van der Waals surface area contributed by atoms with Gasteiger partial charge in [0, 0.05) is 24.2 Å². The van der Waals surface area contributed by atoms with E-state index in [4.69, 9.17) is 9.47 Å². The molecule has 27 heavy (non-hydrogen) atoms. The number of carbonyl (C=O) groups excluding carboxylic acids is 2. The SMILES string of the molecule is COc1ccc(C(=O)CC2(C#N)CCN(c3ccc(OC)cc3)C2=O)cc1. The lowest BCUT2D eigenvalue weighted by atomic mass is 9.81. The molecule has 1 heterocycles. The van der Waals surface area contributed by atoms with Gasteiger partial charge < -0.3 is 14.4 Å². The Morgan fingerprint density at radius 3 is 2.15 bits per heavy atom. The molecule has 1 fully saturated rings. The van der Waals surface area contributed by atoms with Gasteiger partial charge in [-0.25, -0.2) is 0 Å². The molecule has 1 unspecified atom stereocenters. The van der Waals surface area contributed by atoms with Crippen molar-refractivity contribution in [1.29, 1.82) is 5.26 Å². The third-order valence-corrected chi connectivity index (χ3v) is 4.89. The molecule has 0 N–H and O–H groups in total. The number of Topliss-reactive ketones (excluding diaryl/α,β-unsaturated/α-hetero) is 1. The summed E-state index contributed by atoms with van der Waals surface area (Å²) in [5, 5.41) is 9.72. The highest BCUT2D eigenvalue weighted by Crippen LogP contribution is 2.38. The first kappa shape index (κ1) is 18.5. The first-order valence-electron chi connectivity index (χ1n) is 8.57. The standard InChI is InChI=1S/C21H20N2O4/c1-26-17-7-3-15(4-8-17)19(24)13-21(14-22)11-12-23(20(21)25)16-5-9-18(27-2)10-6-16/h3-10H,11-13H2,1-2H3. The van der Waals surface area contributed by atoms with Crippen LogP contribution in [0.2, 0.25) is 0 Å². The lowest BCUT2D eigenvalue weighted by Gasteiger charge is -2.21. The van der Waals surface area contributed by atoms with Crippen LogP contribution in [0.5, 0.6) is 11.5 Å². The highest BCUT2D eigenvalue weighted by Gasteiger charge is 2.49. The molecular weight excluding hydrogens is 344 g/mol. The van der Waals surface area contributed by atoms with Crippen LogP contribution >= 0.6 is 0 Å². The summed E-state index contributed by atoms with van der Waals surface area (Å²) in [6.45, 7) is 0.397. The van der Waals surface area contributed by atoms with Crippen molar-refractivity contribution >= 4 is 17.4 Å². The number of ketones is 1. The number of methoxy groups -OCH3 is 2. The third kappa shape index (κ3) is 3.49. The van der Waals surface area contributed by atoms with Gasteiger partial charge >= 0.3 is 0 Å². The monoisotopic (exact) mass is 364 g/mol. The molecule has 0 radical (unpaired) electrons. The summed E-state index contributed by atoms with van der Waals surface area (Å²) in [6, 6.07) is 15.8. The maximum absolute atomic E-state index is 13.0. The molecule has 1 amide bonds. The van der Waals surface area contributed by atoms with Crippen LogP contribution in [0.3, 0.4) is 0 Å². The first-order chi connectivity index (χ1) is 13.0. The molecule has 1 aliphatic heterocycles. The number of nitrogens with zero attached hydrogens (tertiary/aromatic N) is 2. The molecule has 3 rings (SSSR count).